The maximum atomic E-state index is 14.1. The van der Waals surface area contributed by atoms with Crippen LogP contribution in [0.15, 0.2) is 25.3 Å². The van der Waals surface area contributed by atoms with Crippen LogP contribution in [-0.4, -0.2) is 82.8 Å². The van der Waals surface area contributed by atoms with E-state index in [4.69, 9.17) is 9.47 Å². The number of likely N-dealkylation sites (tertiary alicyclic amines) is 1. The molecule has 3 fully saturated rings. The Balaban J connectivity index is 1.96. The molecule has 3 heterocycles. The minimum atomic E-state index is -1.05. The van der Waals surface area contributed by atoms with Crippen LogP contribution < -0.4 is 0 Å². The predicted octanol–water partition coefficient (Wildman–Crippen LogP) is 2.85. The van der Waals surface area contributed by atoms with E-state index in [1.54, 1.807) is 22.0 Å². The van der Waals surface area contributed by atoms with Gasteiger partial charge in [0.25, 0.3) is 0 Å². The fourth-order valence-corrected chi connectivity index (χ4v) is 6.20. The zero-order chi connectivity index (χ0) is 25.6. The van der Waals surface area contributed by atoms with Gasteiger partial charge < -0.3 is 24.4 Å². The van der Waals surface area contributed by atoms with E-state index in [-0.39, 0.29) is 25.0 Å². The molecule has 5 atom stereocenters. The number of carbonyl (C=O) groups excluding carboxylic acids is 3. The van der Waals surface area contributed by atoms with Gasteiger partial charge in [0, 0.05) is 26.2 Å². The Hall–Kier alpha value is -2.19. The third-order valence-electron chi connectivity index (χ3n) is 7.83. The Kier molecular flexibility index (Phi) is 9.16. The number of unbranched alkanes of at least 4 members (excludes halogenated alkanes) is 3. The van der Waals surface area contributed by atoms with Crippen LogP contribution in [0.5, 0.6) is 0 Å². The lowest BCUT2D eigenvalue weighted by Crippen LogP contribution is -2.56. The molecule has 0 aliphatic carbocycles. The first-order valence-electron chi connectivity index (χ1n) is 13.1. The summed E-state index contributed by atoms with van der Waals surface area (Å²) >= 11 is 0. The van der Waals surface area contributed by atoms with Crippen LogP contribution in [0.25, 0.3) is 0 Å². The summed E-state index contributed by atoms with van der Waals surface area (Å²) in [6, 6.07) is -0.798. The highest BCUT2D eigenvalue weighted by Crippen LogP contribution is 2.63. The second-order valence-electron chi connectivity index (χ2n) is 10.2. The molecule has 2 bridgehead atoms. The molecule has 196 valence electrons. The fourth-order valence-electron chi connectivity index (χ4n) is 6.20. The smallest absolute Gasteiger partial charge is 0.312 e. The van der Waals surface area contributed by atoms with Crippen LogP contribution in [0.3, 0.4) is 0 Å². The number of hydrogen-bond donors (Lipinski definition) is 1. The zero-order valence-corrected chi connectivity index (χ0v) is 21.4. The SMILES string of the molecule is C=CCCOC(=O)[C@H]1[C@H]2C(=O)N(CCCCO)C(C(=O)N(CC=C)CCCCC)C23CC[C@]1(C)O3. The van der Waals surface area contributed by atoms with Gasteiger partial charge in [-0.2, -0.15) is 0 Å². The van der Waals surface area contributed by atoms with Gasteiger partial charge in [0.1, 0.15) is 17.6 Å². The van der Waals surface area contributed by atoms with Gasteiger partial charge in [0.05, 0.1) is 18.1 Å². The van der Waals surface area contributed by atoms with E-state index in [0.717, 1.165) is 19.3 Å². The van der Waals surface area contributed by atoms with Gasteiger partial charge in [0.2, 0.25) is 11.8 Å². The highest BCUT2D eigenvalue weighted by molar-refractivity contribution is 5.98. The molecule has 1 spiro atoms. The van der Waals surface area contributed by atoms with Crippen LogP contribution in [-0.2, 0) is 23.9 Å². The number of nitrogens with zero attached hydrogens (tertiary/aromatic N) is 2. The normalized spacial score (nSPS) is 30.9. The van der Waals surface area contributed by atoms with Crippen molar-refractivity contribution in [2.45, 2.75) is 82.5 Å². The Morgan fingerprint density at radius 3 is 2.66 bits per heavy atom. The third-order valence-corrected chi connectivity index (χ3v) is 7.83. The minimum absolute atomic E-state index is 0.0155. The molecular formula is C27H42N2O6. The molecule has 3 aliphatic heterocycles. The highest BCUT2D eigenvalue weighted by Gasteiger charge is 2.78. The third kappa shape index (κ3) is 5.05. The quantitative estimate of drug-likeness (QED) is 0.215. The van der Waals surface area contributed by atoms with Gasteiger partial charge in [0.15, 0.2) is 0 Å². The monoisotopic (exact) mass is 490 g/mol. The summed E-state index contributed by atoms with van der Waals surface area (Å²) in [5.41, 5.74) is -1.89. The van der Waals surface area contributed by atoms with Gasteiger partial charge in [-0.1, -0.05) is 31.9 Å². The largest absolute Gasteiger partial charge is 0.465 e. The van der Waals surface area contributed by atoms with Crippen molar-refractivity contribution in [1.82, 2.24) is 9.80 Å². The summed E-state index contributed by atoms with van der Waals surface area (Å²) in [6.07, 6.45) is 9.05. The molecule has 3 saturated heterocycles. The molecule has 0 saturated carbocycles. The Labute approximate surface area is 209 Å². The van der Waals surface area contributed by atoms with E-state index < -0.39 is 35.0 Å². The molecular weight excluding hydrogens is 448 g/mol. The van der Waals surface area contributed by atoms with Crippen molar-refractivity contribution in [2.75, 3.05) is 32.8 Å². The molecule has 35 heavy (non-hydrogen) atoms. The van der Waals surface area contributed by atoms with Gasteiger partial charge in [-0.15, -0.1) is 13.2 Å². The van der Waals surface area contributed by atoms with Crippen LogP contribution in [0.1, 0.15) is 65.2 Å². The Bertz CT molecular complexity index is 815. The lowest BCUT2D eigenvalue weighted by molar-refractivity contribution is -0.160. The van der Waals surface area contributed by atoms with Crippen LogP contribution in [0.2, 0.25) is 0 Å². The van der Waals surface area contributed by atoms with E-state index in [1.807, 2.05) is 6.92 Å². The van der Waals surface area contributed by atoms with Crippen LogP contribution in [0, 0.1) is 11.8 Å². The number of carbonyl (C=O) groups is 3. The molecule has 3 rings (SSSR count). The first-order valence-corrected chi connectivity index (χ1v) is 13.1. The topological polar surface area (TPSA) is 96.4 Å². The molecule has 2 amide bonds. The summed E-state index contributed by atoms with van der Waals surface area (Å²) in [4.78, 5) is 44.5. The van der Waals surface area contributed by atoms with Gasteiger partial charge in [-0.05, 0) is 45.4 Å². The summed E-state index contributed by atoms with van der Waals surface area (Å²) in [5.74, 6) is -2.31. The number of ether oxygens (including phenoxy) is 2. The minimum Gasteiger partial charge on any atom is -0.465 e. The molecule has 8 heteroatoms. The van der Waals surface area contributed by atoms with E-state index >= 15 is 0 Å². The average molecular weight is 491 g/mol. The molecule has 0 aromatic rings. The van der Waals surface area contributed by atoms with E-state index in [9.17, 15) is 19.5 Å². The highest BCUT2D eigenvalue weighted by atomic mass is 16.6. The molecule has 3 aliphatic rings. The van der Waals surface area contributed by atoms with E-state index in [1.165, 1.54) is 0 Å². The van der Waals surface area contributed by atoms with Crippen molar-refractivity contribution in [3.63, 3.8) is 0 Å². The first kappa shape index (κ1) is 27.4. The summed E-state index contributed by atoms with van der Waals surface area (Å²) in [5, 5.41) is 9.29. The second kappa shape index (κ2) is 11.7. The van der Waals surface area contributed by atoms with Gasteiger partial charge in [-0.25, -0.2) is 0 Å². The number of fused-ring (bicyclic) bond motifs is 1. The summed E-state index contributed by atoms with van der Waals surface area (Å²) in [6.45, 7) is 13.0. The molecule has 0 aromatic heterocycles. The van der Waals surface area contributed by atoms with Crippen LogP contribution in [0.4, 0.5) is 0 Å². The fraction of sp³-hybridized carbons (Fsp3) is 0.741. The van der Waals surface area contributed by atoms with Crippen molar-refractivity contribution < 1.29 is 29.0 Å². The first-order chi connectivity index (χ1) is 16.8. The van der Waals surface area contributed by atoms with Gasteiger partial charge in [-0.3, -0.25) is 14.4 Å². The second-order valence-corrected chi connectivity index (χ2v) is 10.2. The van der Waals surface area contributed by atoms with Crippen molar-refractivity contribution in [3.8, 4) is 0 Å². The number of rotatable bonds is 15. The Morgan fingerprint density at radius 1 is 1.23 bits per heavy atom. The number of esters is 1. The van der Waals surface area contributed by atoms with Crippen molar-refractivity contribution in [3.05, 3.63) is 25.3 Å². The number of aliphatic hydroxyl groups is 1. The molecule has 0 radical (unpaired) electrons. The van der Waals surface area contributed by atoms with Crippen molar-refractivity contribution >= 4 is 17.8 Å². The summed E-state index contributed by atoms with van der Waals surface area (Å²) in [7, 11) is 0. The van der Waals surface area contributed by atoms with Gasteiger partial charge >= 0.3 is 5.97 Å². The average Bonchev–Trinajstić information content (AvgIpc) is 3.39. The standard InChI is InChI=1S/C27H42N2O6/c1-5-8-10-16-28(15-7-3)24(32)22-27-14-13-26(4,35-27)21(25(33)34-19-9-6-2)20(27)23(31)29(22)17-11-12-18-30/h6-7,20-22,30H,2-3,5,8-19H2,1,4H3/t20-,21+,22?,26-,27?/m0/s1. The molecule has 1 N–H and O–H groups in total. The number of amides is 2. The lowest BCUT2D eigenvalue weighted by Gasteiger charge is -2.37. The van der Waals surface area contributed by atoms with Crippen molar-refractivity contribution in [1.29, 1.82) is 0 Å². The molecule has 0 aromatic carbocycles. The molecule has 2 unspecified atom stereocenters. The Morgan fingerprint density at radius 2 is 2.00 bits per heavy atom. The number of hydrogen-bond acceptors (Lipinski definition) is 6. The zero-order valence-electron chi connectivity index (χ0n) is 21.4. The number of aliphatic hydroxyl groups excluding tert-OH is 1. The molecule has 8 nitrogen and oxygen atoms in total. The van der Waals surface area contributed by atoms with E-state index in [2.05, 4.69) is 20.1 Å². The maximum absolute atomic E-state index is 14.1. The maximum Gasteiger partial charge on any atom is 0.312 e. The summed E-state index contributed by atoms with van der Waals surface area (Å²) < 4.78 is 12.1. The van der Waals surface area contributed by atoms with Crippen LogP contribution >= 0.6 is 0 Å². The predicted molar refractivity (Wildman–Crippen MR) is 132 cm³/mol. The van der Waals surface area contributed by atoms with Crippen molar-refractivity contribution in [2.24, 2.45) is 11.8 Å². The lowest BCUT2D eigenvalue weighted by atomic mass is 9.66. The van der Waals surface area contributed by atoms with E-state index in [0.29, 0.717) is 51.7 Å².